The van der Waals surface area contributed by atoms with Gasteiger partial charge in [0.2, 0.25) is 0 Å². The Labute approximate surface area is 99.8 Å². The van der Waals surface area contributed by atoms with Gasteiger partial charge >= 0.3 is 0 Å². The van der Waals surface area contributed by atoms with Crippen LogP contribution in [0.2, 0.25) is 0 Å². The third-order valence-electron chi connectivity index (χ3n) is 3.27. The van der Waals surface area contributed by atoms with Gasteiger partial charge in [-0.05, 0) is 46.2 Å². The summed E-state index contributed by atoms with van der Waals surface area (Å²) in [5.41, 5.74) is -0.187. The van der Waals surface area contributed by atoms with Crippen LogP contribution >= 0.6 is 0 Å². The van der Waals surface area contributed by atoms with Gasteiger partial charge in [0.25, 0.3) is 0 Å². The molecule has 0 saturated heterocycles. The van der Waals surface area contributed by atoms with E-state index in [1.54, 1.807) is 0 Å². The van der Waals surface area contributed by atoms with E-state index in [1.165, 1.54) is 12.8 Å². The highest BCUT2D eigenvalue weighted by molar-refractivity contribution is 4.91. The maximum absolute atomic E-state index is 8.87. The molecule has 0 atom stereocenters. The molecule has 0 amide bonds. The number of hydrogen-bond donors (Lipinski definition) is 1. The monoisotopic (exact) mass is 223 g/mol. The lowest BCUT2D eigenvalue weighted by molar-refractivity contribution is 0.275. The number of hydrogen-bond acceptors (Lipinski definition) is 3. The van der Waals surface area contributed by atoms with Crippen molar-refractivity contribution in [1.29, 1.82) is 5.26 Å². The SMILES string of the molecule is CCN(CCNCCC(C)(C)C#N)C1CC1. The molecule has 1 rings (SSSR count). The van der Waals surface area contributed by atoms with Gasteiger partial charge in [-0.15, -0.1) is 0 Å². The van der Waals surface area contributed by atoms with Crippen LogP contribution in [-0.2, 0) is 0 Å². The zero-order chi connectivity index (χ0) is 12.0. The quantitative estimate of drug-likeness (QED) is 0.640. The van der Waals surface area contributed by atoms with E-state index in [9.17, 15) is 0 Å². The Hall–Kier alpha value is -0.590. The summed E-state index contributed by atoms with van der Waals surface area (Å²) in [6, 6.07) is 3.19. The van der Waals surface area contributed by atoms with E-state index in [-0.39, 0.29) is 5.41 Å². The second kappa shape index (κ2) is 6.22. The molecule has 1 aliphatic rings. The minimum atomic E-state index is -0.187. The van der Waals surface area contributed by atoms with Crippen LogP contribution in [0.5, 0.6) is 0 Å². The number of rotatable bonds is 8. The maximum atomic E-state index is 8.87. The molecule has 0 spiro atoms. The molecule has 1 saturated carbocycles. The molecule has 92 valence electrons. The van der Waals surface area contributed by atoms with E-state index < -0.39 is 0 Å². The van der Waals surface area contributed by atoms with Gasteiger partial charge in [0.05, 0.1) is 11.5 Å². The zero-order valence-electron chi connectivity index (χ0n) is 10.9. The fourth-order valence-corrected chi connectivity index (χ4v) is 1.84. The summed E-state index contributed by atoms with van der Waals surface area (Å²) in [4.78, 5) is 2.54. The van der Waals surface area contributed by atoms with Crippen molar-refractivity contribution in [3.63, 3.8) is 0 Å². The maximum Gasteiger partial charge on any atom is 0.0684 e. The van der Waals surface area contributed by atoms with Gasteiger partial charge in [-0.3, -0.25) is 4.90 Å². The fraction of sp³-hybridized carbons (Fsp3) is 0.923. The lowest BCUT2D eigenvalue weighted by Gasteiger charge is -2.20. The van der Waals surface area contributed by atoms with Gasteiger partial charge in [0, 0.05) is 19.1 Å². The summed E-state index contributed by atoms with van der Waals surface area (Å²) in [6.45, 7) is 10.5. The third-order valence-corrected chi connectivity index (χ3v) is 3.27. The molecule has 1 aliphatic carbocycles. The van der Waals surface area contributed by atoms with Crippen molar-refractivity contribution in [2.75, 3.05) is 26.2 Å². The molecule has 3 heteroatoms. The van der Waals surface area contributed by atoms with E-state index in [2.05, 4.69) is 23.2 Å². The van der Waals surface area contributed by atoms with E-state index in [1.807, 2.05) is 13.8 Å². The van der Waals surface area contributed by atoms with Crippen LogP contribution in [0.25, 0.3) is 0 Å². The minimum absolute atomic E-state index is 0.187. The number of nitrogens with zero attached hydrogens (tertiary/aromatic N) is 2. The normalized spacial score (nSPS) is 16.4. The Balaban J connectivity index is 2.01. The van der Waals surface area contributed by atoms with E-state index in [0.717, 1.165) is 38.6 Å². The summed E-state index contributed by atoms with van der Waals surface area (Å²) in [5, 5.41) is 12.3. The molecule has 1 fully saturated rings. The van der Waals surface area contributed by atoms with Crippen LogP contribution in [0.1, 0.15) is 40.0 Å². The molecule has 1 N–H and O–H groups in total. The first-order valence-electron chi connectivity index (χ1n) is 6.45. The highest BCUT2D eigenvalue weighted by Crippen LogP contribution is 2.25. The van der Waals surface area contributed by atoms with Crippen LogP contribution in [0.4, 0.5) is 0 Å². The topological polar surface area (TPSA) is 39.1 Å². The van der Waals surface area contributed by atoms with Crippen molar-refractivity contribution in [3.8, 4) is 6.07 Å². The van der Waals surface area contributed by atoms with E-state index in [0.29, 0.717) is 0 Å². The van der Waals surface area contributed by atoms with E-state index in [4.69, 9.17) is 5.26 Å². The highest BCUT2D eigenvalue weighted by Gasteiger charge is 2.27. The zero-order valence-corrected chi connectivity index (χ0v) is 10.9. The third kappa shape index (κ3) is 4.96. The van der Waals surface area contributed by atoms with Crippen LogP contribution in [0.15, 0.2) is 0 Å². The average Bonchev–Trinajstić information content (AvgIpc) is 3.07. The standard InChI is InChI=1S/C13H25N3/c1-4-16(12-5-6-12)10-9-15-8-7-13(2,3)11-14/h12,15H,4-10H2,1-3H3. The van der Waals surface area contributed by atoms with E-state index >= 15 is 0 Å². The van der Waals surface area contributed by atoms with Gasteiger partial charge in [-0.25, -0.2) is 0 Å². The van der Waals surface area contributed by atoms with Crippen molar-refractivity contribution in [2.24, 2.45) is 5.41 Å². The van der Waals surface area contributed by atoms with Crippen molar-refractivity contribution in [1.82, 2.24) is 10.2 Å². The second-order valence-electron chi connectivity index (χ2n) is 5.36. The first-order chi connectivity index (χ1) is 7.59. The fourth-order valence-electron chi connectivity index (χ4n) is 1.84. The molecule has 0 radical (unpaired) electrons. The van der Waals surface area contributed by atoms with Crippen molar-refractivity contribution in [3.05, 3.63) is 0 Å². The lowest BCUT2D eigenvalue weighted by Crippen LogP contribution is -2.34. The van der Waals surface area contributed by atoms with Gasteiger partial charge in [0.15, 0.2) is 0 Å². The van der Waals surface area contributed by atoms with Crippen molar-refractivity contribution in [2.45, 2.75) is 46.1 Å². The smallest absolute Gasteiger partial charge is 0.0684 e. The first-order valence-corrected chi connectivity index (χ1v) is 6.45. The highest BCUT2D eigenvalue weighted by atomic mass is 15.2. The average molecular weight is 223 g/mol. The lowest BCUT2D eigenvalue weighted by atomic mass is 9.91. The molecular formula is C13H25N3. The Morgan fingerprint density at radius 3 is 2.56 bits per heavy atom. The number of likely N-dealkylation sites (N-methyl/N-ethyl adjacent to an activating group) is 1. The molecule has 0 aromatic heterocycles. The van der Waals surface area contributed by atoms with Crippen molar-refractivity contribution >= 4 is 0 Å². The molecule has 0 aromatic carbocycles. The molecule has 0 aliphatic heterocycles. The first kappa shape index (κ1) is 13.5. The van der Waals surface area contributed by atoms with Gasteiger partial charge in [-0.1, -0.05) is 6.92 Å². The number of nitriles is 1. The van der Waals surface area contributed by atoms with Crippen LogP contribution in [0, 0.1) is 16.7 Å². The predicted molar refractivity (Wildman–Crippen MR) is 67.1 cm³/mol. The largest absolute Gasteiger partial charge is 0.315 e. The van der Waals surface area contributed by atoms with Crippen LogP contribution < -0.4 is 5.32 Å². The van der Waals surface area contributed by atoms with Gasteiger partial charge in [0.1, 0.15) is 0 Å². The molecule has 0 heterocycles. The predicted octanol–water partition coefficient (Wildman–Crippen LogP) is 2.00. The van der Waals surface area contributed by atoms with Crippen molar-refractivity contribution < 1.29 is 0 Å². The summed E-state index contributed by atoms with van der Waals surface area (Å²) in [7, 11) is 0. The molecule has 0 unspecified atom stereocenters. The van der Waals surface area contributed by atoms with Gasteiger partial charge < -0.3 is 5.32 Å². The molecular weight excluding hydrogens is 198 g/mol. The van der Waals surface area contributed by atoms with Gasteiger partial charge in [-0.2, -0.15) is 5.26 Å². The molecule has 0 bridgehead atoms. The van der Waals surface area contributed by atoms with Crippen LogP contribution in [0.3, 0.4) is 0 Å². The summed E-state index contributed by atoms with van der Waals surface area (Å²) in [6.07, 6.45) is 3.70. The molecule has 3 nitrogen and oxygen atoms in total. The Bertz CT molecular complexity index is 238. The van der Waals surface area contributed by atoms with Crippen LogP contribution in [-0.4, -0.2) is 37.1 Å². The summed E-state index contributed by atoms with van der Waals surface area (Å²) < 4.78 is 0. The Morgan fingerprint density at radius 1 is 1.38 bits per heavy atom. The molecule has 0 aromatic rings. The summed E-state index contributed by atoms with van der Waals surface area (Å²) >= 11 is 0. The number of nitrogens with one attached hydrogen (secondary N) is 1. The Kier molecular flexibility index (Phi) is 5.24. The Morgan fingerprint density at radius 2 is 2.06 bits per heavy atom. The molecule has 16 heavy (non-hydrogen) atoms. The minimum Gasteiger partial charge on any atom is -0.315 e. The summed E-state index contributed by atoms with van der Waals surface area (Å²) in [5.74, 6) is 0. The second-order valence-corrected chi connectivity index (χ2v) is 5.36.